The quantitative estimate of drug-likeness (QED) is 0.584. The van der Waals surface area contributed by atoms with Crippen LogP contribution in [-0.4, -0.2) is 16.7 Å². The van der Waals surface area contributed by atoms with Gasteiger partial charge < -0.3 is 5.32 Å². The molecule has 0 saturated heterocycles. The number of alkyl halides is 3. The van der Waals surface area contributed by atoms with Crippen molar-refractivity contribution in [3.05, 3.63) is 74.9 Å². The number of fused-ring (bicyclic) bond motifs is 1. The van der Waals surface area contributed by atoms with E-state index in [9.17, 15) is 27.2 Å². The Morgan fingerprint density at radius 3 is 2.36 bits per heavy atom. The molecule has 0 fully saturated rings. The highest BCUT2D eigenvalue weighted by Gasteiger charge is 2.40. The average Bonchev–Trinajstić information content (AvgIpc) is 2.64. The molecule has 1 N–H and O–H groups in total. The summed E-state index contributed by atoms with van der Waals surface area (Å²) in [6, 6.07) is 10.8. The maximum Gasteiger partial charge on any atom is 0.471 e. The molecule has 1 atom stereocenters. The van der Waals surface area contributed by atoms with Gasteiger partial charge in [-0.25, -0.2) is 4.39 Å². The van der Waals surface area contributed by atoms with Gasteiger partial charge in [-0.15, -0.1) is 0 Å². The van der Waals surface area contributed by atoms with Gasteiger partial charge >= 0.3 is 12.1 Å². The number of para-hydroxylation sites is 1. The van der Waals surface area contributed by atoms with E-state index in [1.54, 1.807) is 30.3 Å². The van der Waals surface area contributed by atoms with Crippen molar-refractivity contribution in [2.45, 2.75) is 19.1 Å². The molecule has 1 amide bonds. The summed E-state index contributed by atoms with van der Waals surface area (Å²) >= 11 is 3.28. The number of nitrogens with one attached hydrogen (secondary N) is 1. The number of pyridine rings is 1. The number of nitrogens with zero attached hydrogens (tertiary/aromatic N) is 1. The Hall–Kier alpha value is -2.68. The zero-order chi connectivity index (χ0) is 20.6. The lowest BCUT2D eigenvalue weighted by molar-refractivity contribution is -0.174. The Bertz CT molecular complexity index is 1110. The summed E-state index contributed by atoms with van der Waals surface area (Å²) in [5.74, 6) is -2.90. The number of hydrogen-bond acceptors (Lipinski definition) is 2. The highest BCUT2D eigenvalue weighted by molar-refractivity contribution is 9.10. The minimum Gasteiger partial charge on any atom is -0.340 e. The molecule has 3 rings (SSSR count). The molecule has 0 radical (unpaired) electrons. The monoisotopic (exact) mass is 456 g/mol. The number of amides is 1. The lowest BCUT2D eigenvalue weighted by Crippen LogP contribution is -2.40. The second-order valence-electron chi connectivity index (χ2n) is 6.03. The summed E-state index contributed by atoms with van der Waals surface area (Å²) in [6.07, 6.45) is -5.08. The number of carbonyl (C=O) groups excluding carboxylic acids is 1. The second kappa shape index (κ2) is 7.38. The van der Waals surface area contributed by atoms with Crippen molar-refractivity contribution in [2.75, 3.05) is 0 Å². The molecule has 1 unspecified atom stereocenters. The SMILES string of the molecule is CC(NC(=O)C(F)(F)F)c1c(Br)c2cccc(F)c2c(=O)n1-c1ccccc1. The van der Waals surface area contributed by atoms with Crippen LogP contribution in [0.1, 0.15) is 18.7 Å². The maximum atomic E-state index is 14.4. The van der Waals surface area contributed by atoms with Gasteiger partial charge in [-0.3, -0.25) is 14.2 Å². The van der Waals surface area contributed by atoms with Crippen LogP contribution >= 0.6 is 15.9 Å². The number of rotatable bonds is 3. The molecule has 1 aromatic heterocycles. The lowest BCUT2D eigenvalue weighted by Gasteiger charge is -2.23. The van der Waals surface area contributed by atoms with Crippen LogP contribution in [0, 0.1) is 5.82 Å². The van der Waals surface area contributed by atoms with Crippen LogP contribution in [0.2, 0.25) is 0 Å². The van der Waals surface area contributed by atoms with Gasteiger partial charge in [-0.05, 0) is 41.1 Å². The van der Waals surface area contributed by atoms with Crippen LogP contribution in [0.25, 0.3) is 16.5 Å². The number of benzene rings is 2. The molecule has 2 aromatic carbocycles. The van der Waals surface area contributed by atoms with Crippen molar-refractivity contribution in [3.8, 4) is 5.69 Å². The zero-order valence-electron chi connectivity index (χ0n) is 14.3. The standard InChI is InChI=1S/C19H13BrF4N2O2/c1-10(25-18(28)19(22,23)24)16-15(20)12-8-5-9-13(21)14(12)17(27)26(16)11-6-3-2-4-7-11/h2-10H,1H3,(H,25,28). The zero-order valence-corrected chi connectivity index (χ0v) is 15.9. The fraction of sp³-hybridized carbons (Fsp3) is 0.158. The van der Waals surface area contributed by atoms with Crippen LogP contribution in [0.3, 0.4) is 0 Å². The second-order valence-corrected chi connectivity index (χ2v) is 6.82. The largest absolute Gasteiger partial charge is 0.471 e. The van der Waals surface area contributed by atoms with E-state index in [1.807, 2.05) is 5.32 Å². The fourth-order valence-electron chi connectivity index (χ4n) is 2.95. The summed E-state index contributed by atoms with van der Waals surface area (Å²) in [4.78, 5) is 24.5. The molecule has 0 spiro atoms. The van der Waals surface area contributed by atoms with Crippen LogP contribution in [0.15, 0.2) is 57.8 Å². The Morgan fingerprint density at radius 1 is 1.11 bits per heavy atom. The Morgan fingerprint density at radius 2 is 1.75 bits per heavy atom. The van der Waals surface area contributed by atoms with Gasteiger partial charge in [-0.1, -0.05) is 30.3 Å². The van der Waals surface area contributed by atoms with Crippen molar-refractivity contribution in [2.24, 2.45) is 0 Å². The molecular weight excluding hydrogens is 444 g/mol. The van der Waals surface area contributed by atoms with Gasteiger partial charge in [0, 0.05) is 15.5 Å². The Kier molecular flexibility index (Phi) is 5.29. The van der Waals surface area contributed by atoms with Gasteiger partial charge in [0.15, 0.2) is 0 Å². The number of carbonyl (C=O) groups is 1. The van der Waals surface area contributed by atoms with Crippen molar-refractivity contribution >= 4 is 32.6 Å². The summed E-state index contributed by atoms with van der Waals surface area (Å²) in [7, 11) is 0. The molecular formula is C19H13BrF4N2O2. The molecule has 28 heavy (non-hydrogen) atoms. The van der Waals surface area contributed by atoms with Crippen molar-refractivity contribution < 1.29 is 22.4 Å². The van der Waals surface area contributed by atoms with E-state index in [1.165, 1.54) is 19.1 Å². The van der Waals surface area contributed by atoms with E-state index in [4.69, 9.17) is 0 Å². The van der Waals surface area contributed by atoms with Crippen LogP contribution in [0.5, 0.6) is 0 Å². The molecule has 146 valence electrons. The normalized spacial score (nSPS) is 12.8. The van der Waals surface area contributed by atoms with Crippen LogP contribution in [-0.2, 0) is 4.79 Å². The third-order valence-corrected chi connectivity index (χ3v) is 5.00. The first kappa shape index (κ1) is 20.1. The van der Waals surface area contributed by atoms with Gasteiger partial charge in [0.1, 0.15) is 5.82 Å². The maximum absolute atomic E-state index is 14.4. The summed E-state index contributed by atoms with van der Waals surface area (Å²) in [5.41, 5.74) is -0.362. The third kappa shape index (κ3) is 3.54. The predicted octanol–water partition coefficient (Wildman–Crippen LogP) is 4.63. The van der Waals surface area contributed by atoms with E-state index in [0.29, 0.717) is 5.69 Å². The summed E-state index contributed by atoms with van der Waals surface area (Å²) in [6.45, 7) is 1.31. The number of halogens is 5. The van der Waals surface area contributed by atoms with E-state index < -0.39 is 29.5 Å². The van der Waals surface area contributed by atoms with Crippen molar-refractivity contribution in [1.82, 2.24) is 9.88 Å². The van der Waals surface area contributed by atoms with Crippen LogP contribution in [0.4, 0.5) is 17.6 Å². The van der Waals surface area contributed by atoms with E-state index in [2.05, 4.69) is 15.9 Å². The van der Waals surface area contributed by atoms with Crippen molar-refractivity contribution in [1.29, 1.82) is 0 Å². The molecule has 0 aliphatic heterocycles. The van der Waals surface area contributed by atoms with Gasteiger partial charge in [-0.2, -0.15) is 13.2 Å². The summed E-state index contributed by atoms with van der Waals surface area (Å²) in [5, 5.41) is 1.83. The highest BCUT2D eigenvalue weighted by atomic mass is 79.9. The van der Waals surface area contributed by atoms with Gasteiger partial charge in [0.2, 0.25) is 0 Å². The lowest BCUT2D eigenvalue weighted by atomic mass is 10.1. The highest BCUT2D eigenvalue weighted by Crippen LogP contribution is 2.32. The fourth-order valence-corrected chi connectivity index (χ4v) is 3.80. The number of hydrogen-bond donors (Lipinski definition) is 1. The van der Waals surface area contributed by atoms with E-state index in [0.717, 1.165) is 10.6 Å². The Labute approximate surface area is 164 Å². The topological polar surface area (TPSA) is 51.1 Å². The Balaban J connectivity index is 2.33. The van der Waals surface area contributed by atoms with E-state index in [-0.39, 0.29) is 20.9 Å². The average molecular weight is 457 g/mol. The molecule has 4 nitrogen and oxygen atoms in total. The van der Waals surface area contributed by atoms with Crippen LogP contribution < -0.4 is 10.9 Å². The molecule has 0 bridgehead atoms. The first-order valence-corrected chi connectivity index (χ1v) is 8.88. The molecule has 3 aromatic rings. The van der Waals surface area contributed by atoms with Crippen molar-refractivity contribution in [3.63, 3.8) is 0 Å². The molecule has 9 heteroatoms. The minimum absolute atomic E-state index is 0.0619. The summed E-state index contributed by atoms with van der Waals surface area (Å²) < 4.78 is 53.7. The smallest absolute Gasteiger partial charge is 0.340 e. The molecule has 0 aliphatic rings. The van der Waals surface area contributed by atoms with Gasteiger partial charge in [0.25, 0.3) is 5.56 Å². The number of aromatic nitrogens is 1. The molecule has 1 heterocycles. The predicted molar refractivity (Wildman–Crippen MR) is 99.8 cm³/mol. The van der Waals surface area contributed by atoms with Gasteiger partial charge in [0.05, 0.1) is 17.1 Å². The first-order chi connectivity index (χ1) is 13.1. The minimum atomic E-state index is -5.08. The van der Waals surface area contributed by atoms with E-state index >= 15 is 0 Å². The third-order valence-electron chi connectivity index (χ3n) is 4.16. The molecule has 0 saturated carbocycles. The first-order valence-electron chi connectivity index (χ1n) is 8.08. The molecule has 0 aliphatic carbocycles.